The van der Waals surface area contributed by atoms with Crippen molar-refractivity contribution in [2.24, 2.45) is 0 Å². The van der Waals surface area contributed by atoms with Crippen LogP contribution in [0.2, 0.25) is 0 Å². The van der Waals surface area contributed by atoms with Gasteiger partial charge in [-0.15, -0.1) is 0 Å². The van der Waals surface area contributed by atoms with E-state index in [1.165, 1.54) is 12.1 Å². The third-order valence-corrected chi connectivity index (χ3v) is 5.45. The molecule has 1 aliphatic heterocycles. The van der Waals surface area contributed by atoms with Crippen LogP contribution in [0.15, 0.2) is 48.2 Å². The second kappa shape index (κ2) is 6.70. The summed E-state index contributed by atoms with van der Waals surface area (Å²) in [6, 6.07) is 11.3. The lowest BCUT2D eigenvalue weighted by Crippen LogP contribution is -2.49. The molecular formula is C24H25FO4. The zero-order chi connectivity index (χ0) is 21.0. The Labute approximate surface area is 170 Å². The third-order valence-electron chi connectivity index (χ3n) is 5.45. The van der Waals surface area contributed by atoms with Crippen molar-refractivity contribution in [2.75, 3.05) is 0 Å². The molecule has 29 heavy (non-hydrogen) atoms. The van der Waals surface area contributed by atoms with Gasteiger partial charge in [0.2, 0.25) is 0 Å². The van der Waals surface area contributed by atoms with E-state index in [2.05, 4.69) is 0 Å². The highest BCUT2D eigenvalue weighted by molar-refractivity contribution is 6.26. The number of carbonyl (C=O) groups excluding carboxylic acids is 1. The van der Waals surface area contributed by atoms with E-state index in [4.69, 9.17) is 9.47 Å². The number of ketones is 1. The molecule has 0 aromatic heterocycles. The summed E-state index contributed by atoms with van der Waals surface area (Å²) >= 11 is 0. The number of rotatable bonds is 4. The van der Waals surface area contributed by atoms with Gasteiger partial charge in [-0.1, -0.05) is 6.07 Å². The molecule has 2 aromatic carbocycles. The van der Waals surface area contributed by atoms with Gasteiger partial charge in [0.05, 0.1) is 5.57 Å². The molecule has 5 heteroatoms. The van der Waals surface area contributed by atoms with E-state index in [1.54, 1.807) is 45.9 Å². The van der Waals surface area contributed by atoms with Gasteiger partial charge >= 0.3 is 0 Å². The maximum Gasteiger partial charge on any atom is 0.198 e. The standard InChI is InChI=1S/C24H25FO4/c1-23(2)21(26)20(22(27)24(3,4)29-23)19-13-17(11-12-18(19)14-5-6-14)28-16-9-7-15(25)8-10-16/h7-14,26H,5-6H2,1-4H3. The Bertz CT molecular complexity index is 998. The molecule has 1 N–H and O–H groups in total. The largest absolute Gasteiger partial charge is 0.508 e. The molecule has 0 spiro atoms. The summed E-state index contributed by atoms with van der Waals surface area (Å²) in [4.78, 5) is 13.2. The Morgan fingerprint density at radius 1 is 1.00 bits per heavy atom. The molecule has 1 saturated carbocycles. The predicted molar refractivity (Wildman–Crippen MR) is 109 cm³/mol. The zero-order valence-electron chi connectivity index (χ0n) is 17.1. The number of benzene rings is 2. The topological polar surface area (TPSA) is 55.8 Å². The lowest BCUT2D eigenvalue weighted by Gasteiger charge is -2.40. The fraction of sp³-hybridized carbons (Fsp3) is 0.375. The minimum absolute atomic E-state index is 0.0670. The van der Waals surface area contributed by atoms with Gasteiger partial charge in [-0.3, -0.25) is 4.79 Å². The van der Waals surface area contributed by atoms with Crippen LogP contribution in [0.5, 0.6) is 11.5 Å². The average Bonchev–Trinajstić information content (AvgIpc) is 3.47. The Morgan fingerprint density at radius 2 is 1.62 bits per heavy atom. The second-order valence-electron chi connectivity index (χ2n) is 8.75. The van der Waals surface area contributed by atoms with E-state index >= 15 is 0 Å². The highest BCUT2D eigenvalue weighted by Gasteiger charge is 2.47. The van der Waals surface area contributed by atoms with Crippen LogP contribution in [-0.2, 0) is 9.53 Å². The molecular weight excluding hydrogens is 371 g/mol. The molecule has 152 valence electrons. The van der Waals surface area contributed by atoms with Crippen LogP contribution in [-0.4, -0.2) is 22.1 Å². The van der Waals surface area contributed by atoms with Crippen molar-refractivity contribution in [3.8, 4) is 11.5 Å². The van der Waals surface area contributed by atoms with Crippen LogP contribution in [0.1, 0.15) is 57.6 Å². The number of aliphatic hydroxyl groups is 1. The first-order valence-electron chi connectivity index (χ1n) is 9.85. The van der Waals surface area contributed by atoms with E-state index < -0.39 is 11.2 Å². The van der Waals surface area contributed by atoms with Gasteiger partial charge in [-0.05, 0) is 94.0 Å². The highest BCUT2D eigenvalue weighted by Crippen LogP contribution is 2.48. The number of hydrogen-bond donors (Lipinski definition) is 1. The van der Waals surface area contributed by atoms with Crippen molar-refractivity contribution >= 4 is 11.4 Å². The fourth-order valence-electron chi connectivity index (χ4n) is 3.90. The van der Waals surface area contributed by atoms with E-state index in [0.29, 0.717) is 23.0 Å². The van der Waals surface area contributed by atoms with Gasteiger partial charge in [-0.25, -0.2) is 4.39 Å². The summed E-state index contributed by atoms with van der Waals surface area (Å²) in [7, 11) is 0. The molecule has 0 amide bonds. The van der Waals surface area contributed by atoms with Crippen molar-refractivity contribution in [1.82, 2.24) is 0 Å². The number of ether oxygens (including phenoxy) is 2. The van der Waals surface area contributed by atoms with Crippen LogP contribution in [0.3, 0.4) is 0 Å². The summed E-state index contributed by atoms with van der Waals surface area (Å²) in [6.07, 6.45) is 2.10. The van der Waals surface area contributed by atoms with Gasteiger partial charge in [0.15, 0.2) is 5.78 Å². The zero-order valence-corrected chi connectivity index (χ0v) is 17.1. The van der Waals surface area contributed by atoms with E-state index in [0.717, 1.165) is 18.4 Å². The van der Waals surface area contributed by atoms with E-state index in [1.807, 2.05) is 12.1 Å². The van der Waals surface area contributed by atoms with E-state index in [-0.39, 0.29) is 22.9 Å². The first kappa shape index (κ1) is 19.6. The Hall–Kier alpha value is -2.66. The number of aliphatic hydroxyl groups excluding tert-OH is 1. The molecule has 4 nitrogen and oxygen atoms in total. The molecule has 2 aromatic rings. The van der Waals surface area contributed by atoms with Crippen molar-refractivity contribution in [2.45, 2.75) is 57.7 Å². The Kier molecular flexibility index (Phi) is 4.54. The second-order valence-corrected chi connectivity index (χ2v) is 8.75. The minimum atomic E-state index is -1.06. The molecule has 1 aliphatic carbocycles. The SMILES string of the molecule is CC1(C)OC(C)(C)C(O)=C(c2cc(Oc3ccc(F)cc3)ccc2C2CC2)C1=O. The van der Waals surface area contributed by atoms with Crippen LogP contribution >= 0.6 is 0 Å². The van der Waals surface area contributed by atoms with Crippen molar-refractivity contribution in [3.05, 3.63) is 65.2 Å². The molecule has 0 atom stereocenters. The van der Waals surface area contributed by atoms with Crippen molar-refractivity contribution in [3.63, 3.8) is 0 Å². The summed E-state index contributed by atoms with van der Waals surface area (Å²) in [6.45, 7) is 6.96. The first-order chi connectivity index (χ1) is 13.6. The van der Waals surface area contributed by atoms with Gasteiger partial charge in [0.1, 0.15) is 34.3 Å². The number of Topliss-reactive ketones (excluding diaryl/α,β-unsaturated/α-hetero) is 1. The maximum absolute atomic E-state index is 13.2. The molecule has 1 fully saturated rings. The molecule has 4 rings (SSSR count). The first-order valence-corrected chi connectivity index (χ1v) is 9.85. The minimum Gasteiger partial charge on any atom is -0.508 e. The van der Waals surface area contributed by atoms with Gasteiger partial charge in [-0.2, -0.15) is 0 Å². The molecule has 0 unspecified atom stereocenters. The Morgan fingerprint density at radius 3 is 2.24 bits per heavy atom. The fourth-order valence-corrected chi connectivity index (χ4v) is 3.90. The lowest BCUT2D eigenvalue weighted by molar-refractivity contribution is -0.158. The summed E-state index contributed by atoms with van der Waals surface area (Å²) in [5.41, 5.74) is -0.0437. The van der Waals surface area contributed by atoms with Gasteiger partial charge < -0.3 is 14.6 Å². The molecule has 0 saturated heterocycles. The molecule has 0 radical (unpaired) electrons. The third kappa shape index (κ3) is 3.67. The van der Waals surface area contributed by atoms with Gasteiger partial charge in [0.25, 0.3) is 0 Å². The number of halogens is 1. The number of hydrogen-bond acceptors (Lipinski definition) is 4. The summed E-state index contributed by atoms with van der Waals surface area (Å²) < 4.78 is 24.9. The molecule has 1 heterocycles. The average molecular weight is 396 g/mol. The Balaban J connectivity index is 1.82. The van der Waals surface area contributed by atoms with Crippen molar-refractivity contribution < 1.29 is 23.8 Å². The van der Waals surface area contributed by atoms with Gasteiger partial charge in [0, 0.05) is 0 Å². The van der Waals surface area contributed by atoms with Crippen molar-refractivity contribution in [1.29, 1.82) is 0 Å². The quantitative estimate of drug-likeness (QED) is 0.697. The summed E-state index contributed by atoms with van der Waals surface area (Å²) in [5.74, 6) is 0.721. The summed E-state index contributed by atoms with van der Waals surface area (Å²) in [5, 5.41) is 10.9. The smallest absolute Gasteiger partial charge is 0.198 e. The van der Waals surface area contributed by atoms with E-state index in [9.17, 15) is 14.3 Å². The van der Waals surface area contributed by atoms with Crippen LogP contribution < -0.4 is 4.74 Å². The van der Waals surface area contributed by atoms with Crippen LogP contribution in [0, 0.1) is 5.82 Å². The molecule has 2 aliphatic rings. The number of carbonyl (C=O) groups is 1. The predicted octanol–water partition coefficient (Wildman–Crippen LogP) is 5.92. The highest BCUT2D eigenvalue weighted by atomic mass is 19.1. The normalized spacial score (nSPS) is 20.7. The maximum atomic E-state index is 13.2. The lowest BCUT2D eigenvalue weighted by atomic mass is 9.81. The van der Waals surface area contributed by atoms with Crippen LogP contribution in [0.25, 0.3) is 5.57 Å². The molecule has 0 bridgehead atoms. The monoisotopic (exact) mass is 396 g/mol. The van der Waals surface area contributed by atoms with Crippen LogP contribution in [0.4, 0.5) is 4.39 Å².